The van der Waals surface area contributed by atoms with Gasteiger partial charge in [-0.15, -0.1) is 0 Å². The van der Waals surface area contributed by atoms with Crippen LogP contribution in [0.4, 0.5) is 0 Å². The van der Waals surface area contributed by atoms with Crippen molar-refractivity contribution in [2.24, 2.45) is 5.73 Å². The second-order valence-electron chi connectivity index (χ2n) is 4.74. The number of hydrogen-bond acceptors (Lipinski definition) is 3. The van der Waals surface area contributed by atoms with Gasteiger partial charge < -0.3 is 10.6 Å². The molecule has 0 aromatic carbocycles. The third-order valence-corrected chi connectivity index (χ3v) is 3.20. The van der Waals surface area contributed by atoms with Gasteiger partial charge in [0.15, 0.2) is 0 Å². The van der Waals surface area contributed by atoms with Gasteiger partial charge in [0.1, 0.15) is 0 Å². The molecule has 0 saturated carbocycles. The molecule has 92 valence electrons. The smallest absolute Gasteiger partial charge is 0.255 e. The highest BCUT2D eigenvalue weighted by Gasteiger charge is 2.23. The van der Waals surface area contributed by atoms with Gasteiger partial charge in [0, 0.05) is 24.8 Å². The van der Waals surface area contributed by atoms with E-state index in [-0.39, 0.29) is 11.9 Å². The van der Waals surface area contributed by atoms with Crippen LogP contribution in [0.5, 0.6) is 0 Å². The zero-order chi connectivity index (χ0) is 12.4. The number of nitrogens with two attached hydrogens (primary N) is 1. The van der Waals surface area contributed by atoms with Gasteiger partial charge in [-0.05, 0) is 38.8 Å². The van der Waals surface area contributed by atoms with E-state index in [0.29, 0.717) is 12.1 Å². The molecule has 4 nitrogen and oxygen atoms in total. The highest BCUT2D eigenvalue weighted by Crippen LogP contribution is 2.14. The Balaban J connectivity index is 2.18. The third kappa shape index (κ3) is 2.64. The number of aromatic nitrogens is 1. The maximum Gasteiger partial charge on any atom is 0.255 e. The normalized spacial score (nSPS) is 20.4. The molecule has 1 saturated heterocycles. The molecule has 0 unspecified atom stereocenters. The van der Waals surface area contributed by atoms with E-state index in [9.17, 15) is 4.79 Å². The number of carbonyl (C=O) groups is 1. The molecule has 1 aliphatic rings. The summed E-state index contributed by atoms with van der Waals surface area (Å²) in [6.07, 6.45) is 2.00. The molecule has 4 heteroatoms. The predicted octanol–water partition coefficient (Wildman–Crippen LogP) is 1.26. The first-order valence-electron chi connectivity index (χ1n) is 6.07. The average molecular weight is 233 g/mol. The van der Waals surface area contributed by atoms with Crippen LogP contribution < -0.4 is 5.73 Å². The fourth-order valence-corrected chi connectivity index (χ4v) is 2.28. The molecule has 1 aromatic rings. The van der Waals surface area contributed by atoms with E-state index in [1.54, 1.807) is 0 Å². The van der Waals surface area contributed by atoms with Gasteiger partial charge in [-0.1, -0.05) is 0 Å². The lowest BCUT2D eigenvalue weighted by Crippen LogP contribution is -2.45. The van der Waals surface area contributed by atoms with Gasteiger partial charge in [-0.25, -0.2) is 0 Å². The minimum atomic E-state index is 0.0603. The van der Waals surface area contributed by atoms with Gasteiger partial charge in [0.25, 0.3) is 5.91 Å². The topological polar surface area (TPSA) is 59.2 Å². The second kappa shape index (κ2) is 4.84. The standard InChI is InChI=1S/C13H19N3O/c1-9-5-6-12(10(2)15-9)13(17)16-7-3-4-11(14)8-16/h5-6,11H,3-4,7-8,14H2,1-2H3/t11-/m1/s1. The number of amides is 1. The summed E-state index contributed by atoms with van der Waals surface area (Å²) >= 11 is 0. The molecule has 2 rings (SSSR count). The molecule has 1 fully saturated rings. The molecule has 1 aromatic heterocycles. The maximum absolute atomic E-state index is 12.3. The Morgan fingerprint density at radius 2 is 2.24 bits per heavy atom. The van der Waals surface area contributed by atoms with E-state index < -0.39 is 0 Å². The highest BCUT2D eigenvalue weighted by molar-refractivity contribution is 5.95. The number of pyridine rings is 1. The molecule has 2 N–H and O–H groups in total. The molecule has 0 aliphatic carbocycles. The summed E-state index contributed by atoms with van der Waals surface area (Å²) < 4.78 is 0. The molecule has 1 atom stereocenters. The van der Waals surface area contributed by atoms with Crippen LogP contribution in [0.25, 0.3) is 0 Å². The molecule has 0 bridgehead atoms. The van der Waals surface area contributed by atoms with Crippen LogP contribution in [0, 0.1) is 13.8 Å². The first-order valence-corrected chi connectivity index (χ1v) is 6.07. The van der Waals surface area contributed by atoms with Gasteiger partial charge in [-0.3, -0.25) is 9.78 Å². The summed E-state index contributed by atoms with van der Waals surface area (Å²) in [4.78, 5) is 18.5. The average Bonchev–Trinajstić information content (AvgIpc) is 2.28. The first kappa shape index (κ1) is 12.0. The Kier molecular flexibility index (Phi) is 3.43. The predicted molar refractivity (Wildman–Crippen MR) is 66.8 cm³/mol. The van der Waals surface area contributed by atoms with Crippen LogP contribution in [0.15, 0.2) is 12.1 Å². The molecular weight excluding hydrogens is 214 g/mol. The monoisotopic (exact) mass is 233 g/mol. The van der Waals surface area contributed by atoms with Crippen molar-refractivity contribution in [3.63, 3.8) is 0 Å². The van der Waals surface area contributed by atoms with Crippen molar-refractivity contribution in [2.45, 2.75) is 32.7 Å². The van der Waals surface area contributed by atoms with Gasteiger partial charge in [0.2, 0.25) is 0 Å². The lowest BCUT2D eigenvalue weighted by atomic mass is 10.0. The highest BCUT2D eigenvalue weighted by atomic mass is 16.2. The second-order valence-corrected chi connectivity index (χ2v) is 4.74. The number of nitrogens with zero attached hydrogens (tertiary/aromatic N) is 2. The summed E-state index contributed by atoms with van der Waals surface area (Å²) in [5.74, 6) is 0.0603. The van der Waals surface area contributed by atoms with Crippen LogP contribution in [0.3, 0.4) is 0 Å². The largest absolute Gasteiger partial charge is 0.337 e. The van der Waals surface area contributed by atoms with Crippen LogP contribution in [0.2, 0.25) is 0 Å². The fourth-order valence-electron chi connectivity index (χ4n) is 2.28. The van der Waals surface area contributed by atoms with Crippen molar-refractivity contribution >= 4 is 5.91 Å². The fraction of sp³-hybridized carbons (Fsp3) is 0.538. The summed E-state index contributed by atoms with van der Waals surface area (Å²) in [7, 11) is 0. The quantitative estimate of drug-likeness (QED) is 0.794. The Bertz CT molecular complexity index is 431. The van der Waals surface area contributed by atoms with Crippen molar-refractivity contribution < 1.29 is 4.79 Å². The summed E-state index contributed by atoms with van der Waals surface area (Å²) in [5, 5.41) is 0. The number of likely N-dealkylation sites (tertiary alicyclic amines) is 1. The van der Waals surface area contributed by atoms with Crippen LogP contribution >= 0.6 is 0 Å². The minimum Gasteiger partial charge on any atom is -0.337 e. The van der Waals surface area contributed by atoms with Crippen molar-refractivity contribution in [3.8, 4) is 0 Å². The number of hydrogen-bond donors (Lipinski definition) is 1. The van der Waals surface area contributed by atoms with Crippen LogP contribution in [0.1, 0.15) is 34.6 Å². The van der Waals surface area contributed by atoms with E-state index in [2.05, 4.69) is 4.98 Å². The zero-order valence-electron chi connectivity index (χ0n) is 10.4. The SMILES string of the molecule is Cc1ccc(C(=O)N2CCC[C@@H](N)C2)c(C)n1. The van der Waals surface area contributed by atoms with Crippen molar-refractivity contribution in [1.82, 2.24) is 9.88 Å². The number of carbonyl (C=O) groups excluding carboxylic acids is 1. The van der Waals surface area contributed by atoms with Gasteiger partial charge in [0.05, 0.1) is 11.3 Å². The van der Waals surface area contributed by atoms with E-state index in [1.165, 1.54) is 0 Å². The van der Waals surface area contributed by atoms with E-state index in [0.717, 1.165) is 30.8 Å². The molecule has 1 amide bonds. The van der Waals surface area contributed by atoms with Crippen molar-refractivity contribution in [3.05, 3.63) is 29.1 Å². The van der Waals surface area contributed by atoms with Crippen molar-refractivity contribution in [1.29, 1.82) is 0 Å². The molecule has 17 heavy (non-hydrogen) atoms. The Morgan fingerprint density at radius 3 is 2.88 bits per heavy atom. The molecule has 1 aliphatic heterocycles. The van der Waals surface area contributed by atoms with E-state index in [1.807, 2.05) is 30.9 Å². The van der Waals surface area contributed by atoms with E-state index >= 15 is 0 Å². The van der Waals surface area contributed by atoms with Gasteiger partial charge in [-0.2, -0.15) is 0 Å². The van der Waals surface area contributed by atoms with E-state index in [4.69, 9.17) is 5.73 Å². The minimum absolute atomic E-state index is 0.0603. The summed E-state index contributed by atoms with van der Waals surface area (Å²) in [5.41, 5.74) is 8.33. The molecular formula is C13H19N3O. The summed E-state index contributed by atoms with van der Waals surface area (Å²) in [6, 6.07) is 3.86. The Hall–Kier alpha value is -1.42. The molecule has 0 spiro atoms. The number of aryl methyl sites for hydroxylation is 2. The van der Waals surface area contributed by atoms with Gasteiger partial charge >= 0.3 is 0 Å². The Morgan fingerprint density at radius 1 is 1.47 bits per heavy atom. The zero-order valence-corrected chi connectivity index (χ0v) is 10.4. The number of piperidine rings is 1. The lowest BCUT2D eigenvalue weighted by Gasteiger charge is -2.31. The summed E-state index contributed by atoms with van der Waals surface area (Å²) in [6.45, 7) is 5.27. The molecule has 0 radical (unpaired) electrons. The maximum atomic E-state index is 12.3. The lowest BCUT2D eigenvalue weighted by molar-refractivity contribution is 0.0707. The van der Waals surface area contributed by atoms with Crippen LogP contribution in [-0.2, 0) is 0 Å². The first-order chi connectivity index (χ1) is 8.08. The van der Waals surface area contributed by atoms with Crippen LogP contribution in [-0.4, -0.2) is 34.9 Å². The van der Waals surface area contributed by atoms with Crippen molar-refractivity contribution in [2.75, 3.05) is 13.1 Å². The number of rotatable bonds is 1. The third-order valence-electron chi connectivity index (χ3n) is 3.20. The Labute approximate surface area is 102 Å². The molecule has 2 heterocycles.